The molecule has 1 aliphatic carbocycles. The van der Waals surface area contributed by atoms with E-state index < -0.39 is 10.0 Å². The number of piperazine rings is 1. The Morgan fingerprint density at radius 1 is 0.969 bits per heavy atom. The van der Waals surface area contributed by atoms with Gasteiger partial charge in [0.05, 0.1) is 4.90 Å². The fourth-order valence-electron chi connectivity index (χ4n) is 4.62. The molecule has 0 unspecified atom stereocenters. The van der Waals surface area contributed by atoms with Crippen LogP contribution in [0.5, 0.6) is 0 Å². The van der Waals surface area contributed by atoms with E-state index in [0.717, 1.165) is 31.4 Å². The number of amides is 1. The lowest BCUT2D eigenvalue weighted by Crippen LogP contribution is -2.48. The van der Waals surface area contributed by atoms with E-state index in [1.54, 1.807) is 35.2 Å². The third-order valence-electron chi connectivity index (χ3n) is 6.59. The average Bonchev–Trinajstić information content (AvgIpc) is 2.84. The molecule has 1 aliphatic heterocycles. The molecule has 0 bridgehead atoms. The minimum atomic E-state index is -3.71. The van der Waals surface area contributed by atoms with Crippen LogP contribution < -0.4 is 4.90 Å². The first-order chi connectivity index (χ1) is 15.4. The fraction of sp³-hybridized carbons (Fsp3) is 0.458. The molecule has 6 nitrogen and oxygen atoms in total. The zero-order chi connectivity index (χ0) is 22.7. The summed E-state index contributed by atoms with van der Waals surface area (Å²) in [6.07, 6.45) is 5.46. The van der Waals surface area contributed by atoms with E-state index in [9.17, 15) is 17.6 Å². The van der Waals surface area contributed by atoms with Gasteiger partial charge in [0, 0.05) is 50.5 Å². The lowest BCUT2D eigenvalue weighted by atomic mass is 9.94. The molecule has 172 valence electrons. The van der Waals surface area contributed by atoms with Crippen molar-refractivity contribution in [2.75, 3.05) is 38.1 Å². The predicted molar refractivity (Wildman–Crippen MR) is 123 cm³/mol. The molecule has 0 radical (unpaired) electrons. The van der Waals surface area contributed by atoms with Crippen LogP contribution in [0.1, 0.15) is 42.5 Å². The molecule has 1 heterocycles. The normalized spacial score (nSPS) is 18.5. The van der Waals surface area contributed by atoms with Crippen LogP contribution >= 0.6 is 0 Å². The number of sulfonamides is 1. The number of hydrogen-bond donors (Lipinski definition) is 0. The van der Waals surface area contributed by atoms with Gasteiger partial charge in [-0.2, -0.15) is 4.31 Å². The second kappa shape index (κ2) is 9.58. The molecule has 2 aliphatic rings. The molecule has 0 spiro atoms. The minimum Gasteiger partial charge on any atom is -0.369 e. The second-order valence-corrected chi connectivity index (χ2v) is 10.5. The summed E-state index contributed by atoms with van der Waals surface area (Å²) in [6.45, 7) is 1.71. The van der Waals surface area contributed by atoms with E-state index in [2.05, 4.69) is 0 Å². The Morgan fingerprint density at radius 3 is 2.28 bits per heavy atom. The van der Waals surface area contributed by atoms with Gasteiger partial charge in [0.2, 0.25) is 10.0 Å². The van der Waals surface area contributed by atoms with Crippen LogP contribution in [0.3, 0.4) is 0 Å². The van der Waals surface area contributed by atoms with E-state index in [-0.39, 0.29) is 22.7 Å². The van der Waals surface area contributed by atoms with Crippen molar-refractivity contribution < 1.29 is 17.6 Å². The third-order valence-corrected chi connectivity index (χ3v) is 8.49. The highest BCUT2D eigenvalue weighted by molar-refractivity contribution is 7.89. The van der Waals surface area contributed by atoms with Crippen molar-refractivity contribution in [3.63, 3.8) is 0 Å². The first-order valence-corrected chi connectivity index (χ1v) is 12.7. The summed E-state index contributed by atoms with van der Waals surface area (Å²) in [5, 5.41) is 0. The molecule has 1 amide bonds. The van der Waals surface area contributed by atoms with Crippen LogP contribution in [-0.2, 0) is 10.0 Å². The molecular weight excluding hydrogens is 429 g/mol. The van der Waals surface area contributed by atoms with Gasteiger partial charge >= 0.3 is 0 Å². The lowest BCUT2D eigenvalue weighted by Gasteiger charge is -2.35. The Labute approximate surface area is 189 Å². The van der Waals surface area contributed by atoms with Gasteiger partial charge in [0.15, 0.2) is 0 Å². The molecule has 1 saturated heterocycles. The summed E-state index contributed by atoms with van der Waals surface area (Å²) >= 11 is 0. The SMILES string of the molecule is CN(C(=O)c1cccc(S(=O)(=O)N2CCN(c3ccc(F)cc3)CC2)c1)C1CCCCC1. The van der Waals surface area contributed by atoms with Gasteiger partial charge in [-0.05, 0) is 55.3 Å². The first-order valence-electron chi connectivity index (χ1n) is 11.2. The van der Waals surface area contributed by atoms with Crippen molar-refractivity contribution in [1.29, 1.82) is 0 Å². The Hall–Kier alpha value is -2.45. The van der Waals surface area contributed by atoms with E-state index in [4.69, 9.17) is 0 Å². The van der Waals surface area contributed by atoms with Crippen molar-refractivity contribution in [2.45, 2.75) is 43.0 Å². The standard InChI is InChI=1S/C24H30FN3O3S/c1-26(21-7-3-2-4-8-21)24(29)19-6-5-9-23(18-19)32(30,31)28-16-14-27(15-17-28)22-12-10-20(25)11-13-22/h5-6,9-13,18,21H,2-4,7-8,14-17H2,1H3. The number of carbonyl (C=O) groups excluding carboxylic acids is 1. The topological polar surface area (TPSA) is 60.9 Å². The molecule has 2 aromatic carbocycles. The first kappa shape index (κ1) is 22.7. The minimum absolute atomic E-state index is 0.130. The number of hydrogen-bond acceptors (Lipinski definition) is 4. The molecule has 4 rings (SSSR count). The van der Waals surface area contributed by atoms with Gasteiger partial charge in [-0.3, -0.25) is 4.79 Å². The summed E-state index contributed by atoms with van der Waals surface area (Å²) < 4.78 is 41.1. The van der Waals surface area contributed by atoms with E-state index in [0.29, 0.717) is 31.7 Å². The Kier molecular flexibility index (Phi) is 6.81. The monoisotopic (exact) mass is 459 g/mol. The lowest BCUT2D eigenvalue weighted by molar-refractivity contribution is 0.0696. The van der Waals surface area contributed by atoms with Gasteiger partial charge in [-0.15, -0.1) is 0 Å². The number of carbonyl (C=O) groups is 1. The maximum absolute atomic E-state index is 13.3. The molecule has 32 heavy (non-hydrogen) atoms. The summed E-state index contributed by atoms with van der Waals surface area (Å²) in [4.78, 5) is 17.0. The van der Waals surface area contributed by atoms with Crippen LogP contribution in [-0.4, -0.2) is 62.8 Å². The number of rotatable bonds is 5. The second-order valence-electron chi connectivity index (χ2n) is 8.60. The number of halogens is 1. The zero-order valence-corrected chi connectivity index (χ0v) is 19.2. The van der Waals surface area contributed by atoms with Gasteiger partial charge in [0.25, 0.3) is 5.91 Å². The maximum atomic E-state index is 13.3. The van der Waals surface area contributed by atoms with Crippen molar-refractivity contribution in [3.05, 3.63) is 59.9 Å². The number of anilines is 1. The largest absolute Gasteiger partial charge is 0.369 e. The number of nitrogens with zero attached hydrogens (tertiary/aromatic N) is 3. The van der Waals surface area contributed by atoms with Crippen molar-refractivity contribution in [2.24, 2.45) is 0 Å². The summed E-state index contributed by atoms with van der Waals surface area (Å²) in [7, 11) is -1.89. The molecule has 1 saturated carbocycles. The van der Waals surface area contributed by atoms with Crippen LogP contribution in [0.15, 0.2) is 53.4 Å². The molecular formula is C24H30FN3O3S. The maximum Gasteiger partial charge on any atom is 0.253 e. The van der Waals surface area contributed by atoms with Crippen LogP contribution in [0, 0.1) is 5.82 Å². The Balaban J connectivity index is 1.45. The highest BCUT2D eigenvalue weighted by Crippen LogP contribution is 2.25. The molecule has 0 N–H and O–H groups in total. The van der Waals surface area contributed by atoms with E-state index in [1.807, 2.05) is 11.9 Å². The summed E-state index contributed by atoms with van der Waals surface area (Å²) in [6, 6.07) is 12.8. The van der Waals surface area contributed by atoms with Gasteiger partial charge in [0.1, 0.15) is 5.82 Å². The highest BCUT2D eigenvalue weighted by atomic mass is 32.2. The molecule has 0 atom stereocenters. The smallest absolute Gasteiger partial charge is 0.253 e. The van der Waals surface area contributed by atoms with Crippen molar-refractivity contribution in [3.8, 4) is 0 Å². The molecule has 2 aromatic rings. The number of benzene rings is 2. The quantitative estimate of drug-likeness (QED) is 0.684. The highest BCUT2D eigenvalue weighted by Gasteiger charge is 2.30. The van der Waals surface area contributed by atoms with Crippen molar-refractivity contribution >= 4 is 21.6 Å². The van der Waals surface area contributed by atoms with E-state index >= 15 is 0 Å². The third kappa shape index (κ3) is 4.81. The Bertz CT molecular complexity index is 1040. The van der Waals surface area contributed by atoms with Gasteiger partial charge < -0.3 is 9.80 Å². The van der Waals surface area contributed by atoms with Crippen LogP contribution in [0.2, 0.25) is 0 Å². The molecule has 8 heteroatoms. The fourth-order valence-corrected chi connectivity index (χ4v) is 6.08. The van der Waals surface area contributed by atoms with Gasteiger partial charge in [-0.25, -0.2) is 12.8 Å². The zero-order valence-electron chi connectivity index (χ0n) is 18.4. The molecule has 2 fully saturated rings. The van der Waals surface area contributed by atoms with E-state index in [1.165, 1.54) is 28.9 Å². The van der Waals surface area contributed by atoms with Crippen molar-refractivity contribution in [1.82, 2.24) is 9.21 Å². The average molecular weight is 460 g/mol. The van der Waals surface area contributed by atoms with Gasteiger partial charge in [-0.1, -0.05) is 25.3 Å². The summed E-state index contributed by atoms with van der Waals surface area (Å²) in [5.74, 6) is -0.423. The van der Waals surface area contributed by atoms with Crippen LogP contribution in [0.25, 0.3) is 0 Å². The molecule has 0 aromatic heterocycles. The predicted octanol–water partition coefficient (Wildman–Crippen LogP) is 3.74. The Morgan fingerprint density at radius 2 is 1.62 bits per heavy atom. The summed E-state index contributed by atoms with van der Waals surface area (Å²) in [5.41, 5.74) is 1.28. The van der Waals surface area contributed by atoms with Crippen LogP contribution in [0.4, 0.5) is 10.1 Å².